The van der Waals surface area contributed by atoms with Crippen molar-refractivity contribution in [1.29, 1.82) is 0 Å². The quantitative estimate of drug-likeness (QED) is 0.0245. The molecule has 0 bridgehead atoms. The van der Waals surface area contributed by atoms with Crippen LogP contribution >= 0.6 is 0 Å². The number of rotatable bonds is 50. The number of aliphatic hydroxyl groups is 2. The Labute approximate surface area is 397 Å². The zero-order chi connectivity index (χ0) is 46.7. The molecule has 0 aliphatic heterocycles. The number of aliphatic hydroxyl groups excluding tert-OH is 2. The van der Waals surface area contributed by atoms with Crippen molar-refractivity contribution in [3.05, 3.63) is 48.6 Å². The van der Waals surface area contributed by atoms with Crippen LogP contribution in [0.3, 0.4) is 0 Å². The molecule has 6 nitrogen and oxygen atoms in total. The summed E-state index contributed by atoms with van der Waals surface area (Å²) in [5, 5.41) is 23.8. The van der Waals surface area contributed by atoms with Gasteiger partial charge in [0.15, 0.2) is 0 Å². The molecule has 3 N–H and O–H groups in total. The standard InChI is InChI=1S/C58H107NO5/c1-4-7-10-13-16-19-22-25-28-30-31-34-37-40-43-46-49-54(64-58(63)51-48-45-42-39-36-33-27-24-21-18-15-12-9-6-3)52-57(62)59-55(53-60)56(61)50-47-44-41-38-35-32-29-26-23-20-17-14-11-8-5-2/h9,12,18,21,28,30-31,34,54-56,60-61H,4-8,10-11,13-17,19-20,22-27,29,32-33,35-53H2,1-3H3,(H,59,62)/b12-9+,21-18+,30-28+,34-31+. The Hall–Kier alpha value is -2.18. The fourth-order valence-electron chi connectivity index (χ4n) is 8.46. The number of carbonyl (C=O) groups is 2. The normalized spacial score (nSPS) is 13.5. The maximum absolute atomic E-state index is 13.2. The van der Waals surface area contributed by atoms with E-state index in [2.05, 4.69) is 74.7 Å². The molecule has 0 saturated heterocycles. The molecule has 0 aliphatic rings. The van der Waals surface area contributed by atoms with Crippen LogP contribution in [0.5, 0.6) is 0 Å². The predicted octanol–water partition coefficient (Wildman–Crippen LogP) is 17.0. The number of amides is 1. The molecule has 1 amide bonds. The van der Waals surface area contributed by atoms with Crippen LogP contribution in [0.2, 0.25) is 0 Å². The molecule has 6 heteroatoms. The van der Waals surface area contributed by atoms with Gasteiger partial charge in [0, 0.05) is 6.42 Å². The van der Waals surface area contributed by atoms with Crippen molar-refractivity contribution in [3.63, 3.8) is 0 Å². The van der Waals surface area contributed by atoms with Crippen molar-refractivity contribution in [3.8, 4) is 0 Å². The Kier molecular flexibility index (Phi) is 50.0. The van der Waals surface area contributed by atoms with E-state index in [0.717, 1.165) is 89.9 Å². The van der Waals surface area contributed by atoms with Gasteiger partial charge in [-0.2, -0.15) is 0 Å². The number of nitrogens with one attached hydrogen (secondary N) is 1. The van der Waals surface area contributed by atoms with Crippen LogP contribution in [0.1, 0.15) is 284 Å². The van der Waals surface area contributed by atoms with Gasteiger partial charge in [-0.25, -0.2) is 0 Å². The lowest BCUT2D eigenvalue weighted by Crippen LogP contribution is -2.46. The van der Waals surface area contributed by atoms with Crippen molar-refractivity contribution in [2.24, 2.45) is 0 Å². The Morgan fingerprint density at radius 1 is 0.484 bits per heavy atom. The predicted molar refractivity (Wildman–Crippen MR) is 278 cm³/mol. The van der Waals surface area contributed by atoms with E-state index in [9.17, 15) is 19.8 Å². The van der Waals surface area contributed by atoms with Gasteiger partial charge in [0.25, 0.3) is 0 Å². The zero-order valence-electron chi connectivity index (χ0n) is 42.7. The minimum atomic E-state index is -0.796. The fourth-order valence-corrected chi connectivity index (χ4v) is 8.46. The van der Waals surface area contributed by atoms with E-state index in [0.29, 0.717) is 19.3 Å². The fraction of sp³-hybridized carbons (Fsp3) is 0.828. The van der Waals surface area contributed by atoms with Crippen LogP contribution in [0, 0.1) is 0 Å². The first-order chi connectivity index (χ1) is 31.5. The highest BCUT2D eigenvalue weighted by atomic mass is 16.5. The highest BCUT2D eigenvalue weighted by molar-refractivity contribution is 5.77. The first-order valence-electron chi connectivity index (χ1n) is 27.9. The van der Waals surface area contributed by atoms with E-state index in [1.807, 2.05) is 0 Å². The Morgan fingerprint density at radius 3 is 1.38 bits per heavy atom. The molecule has 0 radical (unpaired) electrons. The summed E-state index contributed by atoms with van der Waals surface area (Å²) in [6.07, 6.45) is 63.2. The molecule has 0 spiro atoms. The van der Waals surface area contributed by atoms with Crippen molar-refractivity contribution in [2.45, 2.75) is 302 Å². The van der Waals surface area contributed by atoms with Crippen LogP contribution in [0.15, 0.2) is 48.6 Å². The molecule has 374 valence electrons. The van der Waals surface area contributed by atoms with Crippen LogP contribution in [-0.2, 0) is 14.3 Å². The van der Waals surface area contributed by atoms with E-state index in [1.54, 1.807) is 0 Å². The highest BCUT2D eigenvalue weighted by Gasteiger charge is 2.24. The molecule has 0 aromatic carbocycles. The highest BCUT2D eigenvalue weighted by Crippen LogP contribution is 2.18. The third kappa shape index (κ3) is 46.4. The number of ether oxygens (including phenoxy) is 1. The van der Waals surface area contributed by atoms with Gasteiger partial charge >= 0.3 is 5.97 Å². The van der Waals surface area contributed by atoms with Crippen molar-refractivity contribution < 1.29 is 24.5 Å². The van der Waals surface area contributed by atoms with Crippen LogP contribution in [0.4, 0.5) is 0 Å². The number of esters is 1. The van der Waals surface area contributed by atoms with Gasteiger partial charge in [0.05, 0.1) is 25.2 Å². The number of allylic oxidation sites excluding steroid dienone is 8. The Balaban J connectivity index is 4.60. The maximum atomic E-state index is 13.2. The molecule has 0 aromatic rings. The van der Waals surface area contributed by atoms with Crippen LogP contribution < -0.4 is 5.32 Å². The van der Waals surface area contributed by atoms with Gasteiger partial charge in [-0.05, 0) is 77.0 Å². The summed E-state index contributed by atoms with van der Waals surface area (Å²) < 4.78 is 5.94. The second kappa shape index (κ2) is 51.8. The summed E-state index contributed by atoms with van der Waals surface area (Å²) in [6.45, 7) is 6.39. The monoisotopic (exact) mass is 898 g/mol. The lowest BCUT2D eigenvalue weighted by molar-refractivity contribution is -0.151. The van der Waals surface area contributed by atoms with Crippen molar-refractivity contribution in [1.82, 2.24) is 5.32 Å². The van der Waals surface area contributed by atoms with Gasteiger partial charge in [0.2, 0.25) is 5.91 Å². The number of hydrogen-bond acceptors (Lipinski definition) is 5. The van der Waals surface area contributed by atoms with Crippen LogP contribution in [0.25, 0.3) is 0 Å². The van der Waals surface area contributed by atoms with Gasteiger partial charge in [-0.3, -0.25) is 9.59 Å². The lowest BCUT2D eigenvalue weighted by atomic mass is 10.0. The smallest absolute Gasteiger partial charge is 0.306 e. The molecule has 0 rings (SSSR count). The number of hydrogen-bond donors (Lipinski definition) is 3. The molecule has 0 aliphatic carbocycles. The lowest BCUT2D eigenvalue weighted by Gasteiger charge is -2.24. The molecule has 3 atom stereocenters. The molecular weight excluding hydrogens is 791 g/mol. The first kappa shape index (κ1) is 61.8. The van der Waals surface area contributed by atoms with E-state index in [4.69, 9.17) is 4.74 Å². The molecule has 0 saturated carbocycles. The molecule has 3 unspecified atom stereocenters. The molecule has 64 heavy (non-hydrogen) atoms. The third-order valence-electron chi connectivity index (χ3n) is 12.7. The summed E-state index contributed by atoms with van der Waals surface area (Å²) in [6, 6.07) is -0.712. The number of carbonyl (C=O) groups excluding carboxylic acids is 2. The topological polar surface area (TPSA) is 95.9 Å². The van der Waals surface area contributed by atoms with E-state index in [-0.39, 0.29) is 24.9 Å². The van der Waals surface area contributed by atoms with Gasteiger partial charge in [-0.15, -0.1) is 0 Å². The Bertz CT molecular complexity index is 1100. The summed E-state index contributed by atoms with van der Waals surface area (Å²) >= 11 is 0. The molecular formula is C58H107NO5. The van der Waals surface area contributed by atoms with Crippen LogP contribution in [-0.4, -0.2) is 46.9 Å². The summed E-state index contributed by atoms with van der Waals surface area (Å²) in [5.74, 6) is -0.501. The largest absolute Gasteiger partial charge is 0.462 e. The average molecular weight is 898 g/mol. The molecule has 0 fully saturated rings. The van der Waals surface area contributed by atoms with Crippen molar-refractivity contribution in [2.75, 3.05) is 6.61 Å². The number of unbranched alkanes of at least 4 members (excludes halogenated alkanes) is 31. The summed E-state index contributed by atoms with van der Waals surface area (Å²) in [7, 11) is 0. The van der Waals surface area contributed by atoms with Gasteiger partial charge in [-0.1, -0.05) is 243 Å². The SMILES string of the molecule is CC/C=C/C/C=C/CCCCCCCCCC(=O)OC(CCCCC/C=C/C=C/CCCCCCCCC)CC(=O)NC(CO)C(O)CCCCCCCCCCCCCCCCC. The second-order valence-electron chi connectivity index (χ2n) is 19.0. The van der Waals surface area contributed by atoms with Gasteiger partial charge < -0.3 is 20.3 Å². The summed E-state index contributed by atoms with van der Waals surface area (Å²) in [4.78, 5) is 26.2. The minimum Gasteiger partial charge on any atom is -0.462 e. The molecule has 0 aromatic heterocycles. The first-order valence-corrected chi connectivity index (χ1v) is 27.9. The van der Waals surface area contributed by atoms with E-state index in [1.165, 1.54) is 148 Å². The second-order valence-corrected chi connectivity index (χ2v) is 19.0. The van der Waals surface area contributed by atoms with Gasteiger partial charge in [0.1, 0.15) is 6.10 Å². The third-order valence-corrected chi connectivity index (χ3v) is 12.7. The Morgan fingerprint density at radius 2 is 0.891 bits per heavy atom. The minimum absolute atomic E-state index is 0.0575. The zero-order valence-corrected chi connectivity index (χ0v) is 42.7. The summed E-state index contributed by atoms with van der Waals surface area (Å²) in [5.41, 5.74) is 0. The maximum Gasteiger partial charge on any atom is 0.306 e. The molecule has 0 heterocycles. The van der Waals surface area contributed by atoms with E-state index >= 15 is 0 Å². The van der Waals surface area contributed by atoms with E-state index < -0.39 is 18.2 Å². The average Bonchev–Trinajstić information content (AvgIpc) is 3.29. The van der Waals surface area contributed by atoms with Crippen molar-refractivity contribution >= 4 is 11.9 Å².